The molecule has 1 aromatic carbocycles. The molecular weight excluding hydrogens is 248 g/mol. The first-order valence-corrected chi connectivity index (χ1v) is 6.64. The van der Waals surface area contributed by atoms with E-state index >= 15 is 0 Å². The van der Waals surface area contributed by atoms with Crippen LogP contribution in [-0.2, 0) is 9.84 Å². The Kier molecular flexibility index (Phi) is 2.42. The minimum Gasteiger partial charge on any atom is -0.386 e. The molecule has 86 valence electrons. The number of halogens is 1. The molecule has 0 spiro atoms. The minimum absolute atomic E-state index is 0.0915. The van der Waals surface area contributed by atoms with Crippen molar-refractivity contribution in [1.29, 1.82) is 0 Å². The van der Waals surface area contributed by atoms with E-state index < -0.39 is 15.4 Å². The maximum atomic E-state index is 11.9. The Morgan fingerprint density at radius 3 is 2.50 bits per heavy atom. The predicted octanol–water partition coefficient (Wildman–Crippen LogP) is 2.24. The van der Waals surface area contributed by atoms with E-state index in [0.717, 1.165) is 5.41 Å². The standard InChI is InChI=1S/C11H11ClO3S/c1-11(2,13)8-6-16(14,15)10-7(8)4-3-5-9(10)12/h3-6,13H,1-2H3. The van der Waals surface area contributed by atoms with Crippen LogP contribution in [0.2, 0.25) is 5.02 Å². The lowest BCUT2D eigenvalue weighted by Gasteiger charge is -2.19. The first kappa shape index (κ1) is 11.6. The average molecular weight is 259 g/mol. The Hall–Kier alpha value is -0.840. The molecule has 0 bridgehead atoms. The summed E-state index contributed by atoms with van der Waals surface area (Å²) in [7, 11) is -3.52. The fraction of sp³-hybridized carbons (Fsp3) is 0.273. The van der Waals surface area contributed by atoms with E-state index in [2.05, 4.69) is 0 Å². The highest BCUT2D eigenvalue weighted by Gasteiger charge is 2.35. The van der Waals surface area contributed by atoms with Crippen molar-refractivity contribution in [3.63, 3.8) is 0 Å². The summed E-state index contributed by atoms with van der Waals surface area (Å²) in [6.07, 6.45) is 0. The molecule has 1 aromatic rings. The monoisotopic (exact) mass is 258 g/mol. The summed E-state index contributed by atoms with van der Waals surface area (Å²) in [6.45, 7) is 3.09. The fourth-order valence-electron chi connectivity index (χ4n) is 1.76. The highest BCUT2D eigenvalue weighted by atomic mass is 35.5. The van der Waals surface area contributed by atoms with Gasteiger partial charge in [-0.3, -0.25) is 0 Å². The van der Waals surface area contributed by atoms with Gasteiger partial charge in [0, 0.05) is 16.5 Å². The molecular formula is C11H11ClO3S. The molecule has 0 amide bonds. The fourth-order valence-corrected chi connectivity index (χ4v) is 3.93. The van der Waals surface area contributed by atoms with E-state index in [1.165, 1.54) is 6.07 Å². The normalized spacial score (nSPS) is 18.1. The van der Waals surface area contributed by atoms with Crippen LogP contribution in [0, 0.1) is 0 Å². The Balaban J connectivity index is 2.81. The molecule has 0 saturated carbocycles. The van der Waals surface area contributed by atoms with Gasteiger partial charge in [-0.2, -0.15) is 0 Å². The number of benzene rings is 1. The van der Waals surface area contributed by atoms with Gasteiger partial charge in [0.15, 0.2) is 0 Å². The largest absolute Gasteiger partial charge is 0.386 e. The Bertz CT molecular complexity index is 580. The summed E-state index contributed by atoms with van der Waals surface area (Å²) >= 11 is 5.88. The zero-order valence-electron chi connectivity index (χ0n) is 8.86. The van der Waals surface area contributed by atoms with Gasteiger partial charge in [0.1, 0.15) is 0 Å². The van der Waals surface area contributed by atoms with Crippen molar-refractivity contribution in [1.82, 2.24) is 0 Å². The quantitative estimate of drug-likeness (QED) is 0.841. The third-order valence-electron chi connectivity index (χ3n) is 2.47. The molecule has 1 N–H and O–H groups in total. The lowest BCUT2D eigenvalue weighted by Crippen LogP contribution is -2.19. The summed E-state index contributed by atoms with van der Waals surface area (Å²) in [4.78, 5) is 0.0915. The molecule has 0 radical (unpaired) electrons. The average Bonchev–Trinajstić information content (AvgIpc) is 2.39. The number of sulfone groups is 1. The van der Waals surface area contributed by atoms with Crippen molar-refractivity contribution >= 4 is 27.0 Å². The van der Waals surface area contributed by atoms with Crippen LogP contribution in [0.15, 0.2) is 28.5 Å². The molecule has 1 heterocycles. The van der Waals surface area contributed by atoms with E-state index in [-0.39, 0.29) is 9.92 Å². The van der Waals surface area contributed by atoms with Crippen molar-refractivity contribution in [3.8, 4) is 0 Å². The molecule has 0 saturated heterocycles. The lowest BCUT2D eigenvalue weighted by atomic mass is 9.93. The molecule has 2 rings (SSSR count). The lowest BCUT2D eigenvalue weighted by molar-refractivity contribution is 0.144. The summed E-state index contributed by atoms with van der Waals surface area (Å²) in [5.74, 6) is 0. The molecule has 1 aliphatic heterocycles. The number of hydrogen-bond donors (Lipinski definition) is 1. The van der Waals surface area contributed by atoms with Crippen molar-refractivity contribution in [3.05, 3.63) is 34.2 Å². The van der Waals surface area contributed by atoms with Gasteiger partial charge in [0.05, 0.1) is 15.5 Å². The number of hydrogen-bond acceptors (Lipinski definition) is 3. The predicted molar refractivity (Wildman–Crippen MR) is 62.9 cm³/mol. The van der Waals surface area contributed by atoms with Gasteiger partial charge in [-0.15, -0.1) is 0 Å². The molecule has 0 fully saturated rings. The van der Waals surface area contributed by atoms with E-state index in [1.807, 2.05) is 0 Å². The van der Waals surface area contributed by atoms with Gasteiger partial charge in [-0.25, -0.2) is 8.42 Å². The van der Waals surface area contributed by atoms with Crippen molar-refractivity contribution in [2.75, 3.05) is 0 Å². The Morgan fingerprint density at radius 2 is 1.94 bits per heavy atom. The van der Waals surface area contributed by atoms with Gasteiger partial charge in [0.25, 0.3) is 0 Å². The summed E-state index contributed by atoms with van der Waals surface area (Å²) in [5.41, 5.74) is -0.340. The second-order valence-electron chi connectivity index (χ2n) is 4.25. The van der Waals surface area contributed by atoms with Crippen LogP contribution >= 0.6 is 11.6 Å². The van der Waals surface area contributed by atoms with Gasteiger partial charge >= 0.3 is 0 Å². The van der Waals surface area contributed by atoms with Crippen LogP contribution in [0.25, 0.3) is 5.57 Å². The number of rotatable bonds is 1. The first-order valence-electron chi connectivity index (χ1n) is 4.72. The van der Waals surface area contributed by atoms with E-state index in [4.69, 9.17) is 11.6 Å². The second kappa shape index (κ2) is 3.32. The first-order chi connectivity index (χ1) is 7.23. The SMILES string of the molecule is CC(C)(O)C1=CS(=O)(=O)c2c(Cl)cccc21. The van der Waals surface area contributed by atoms with Crippen LogP contribution in [0.3, 0.4) is 0 Å². The molecule has 0 unspecified atom stereocenters. The summed E-state index contributed by atoms with van der Waals surface area (Å²) in [6, 6.07) is 4.84. The smallest absolute Gasteiger partial charge is 0.202 e. The zero-order chi connectivity index (χ0) is 12.1. The van der Waals surface area contributed by atoms with Crippen molar-refractivity contribution < 1.29 is 13.5 Å². The van der Waals surface area contributed by atoms with Crippen LogP contribution in [0.4, 0.5) is 0 Å². The van der Waals surface area contributed by atoms with Crippen molar-refractivity contribution in [2.24, 2.45) is 0 Å². The van der Waals surface area contributed by atoms with E-state index in [0.29, 0.717) is 11.1 Å². The van der Waals surface area contributed by atoms with Crippen LogP contribution in [-0.4, -0.2) is 19.1 Å². The Labute approximate surface area is 99.3 Å². The van der Waals surface area contributed by atoms with E-state index in [1.54, 1.807) is 26.0 Å². The highest BCUT2D eigenvalue weighted by Crippen LogP contribution is 2.42. The molecule has 3 nitrogen and oxygen atoms in total. The Morgan fingerprint density at radius 1 is 1.31 bits per heavy atom. The second-order valence-corrected chi connectivity index (χ2v) is 6.39. The van der Waals surface area contributed by atoms with Crippen molar-refractivity contribution in [2.45, 2.75) is 24.3 Å². The molecule has 0 aliphatic carbocycles. The maximum absolute atomic E-state index is 11.9. The summed E-state index contributed by atoms with van der Waals surface area (Å²) < 4.78 is 23.7. The van der Waals surface area contributed by atoms with Gasteiger partial charge < -0.3 is 5.11 Å². The van der Waals surface area contributed by atoms with Gasteiger partial charge in [0.2, 0.25) is 9.84 Å². The van der Waals surface area contributed by atoms with Gasteiger partial charge in [-0.05, 0) is 19.9 Å². The summed E-state index contributed by atoms with van der Waals surface area (Å²) in [5, 5.41) is 11.2. The highest BCUT2D eigenvalue weighted by molar-refractivity contribution is 7.95. The maximum Gasteiger partial charge on any atom is 0.202 e. The third kappa shape index (κ3) is 1.67. The third-order valence-corrected chi connectivity index (χ3v) is 4.46. The molecule has 5 heteroatoms. The molecule has 1 aliphatic rings. The molecule has 16 heavy (non-hydrogen) atoms. The van der Waals surface area contributed by atoms with Crippen LogP contribution in [0.1, 0.15) is 19.4 Å². The number of aliphatic hydroxyl groups is 1. The number of fused-ring (bicyclic) bond motifs is 1. The van der Waals surface area contributed by atoms with Crippen LogP contribution < -0.4 is 0 Å². The molecule has 0 atom stereocenters. The topological polar surface area (TPSA) is 54.4 Å². The van der Waals surface area contributed by atoms with E-state index in [9.17, 15) is 13.5 Å². The minimum atomic E-state index is -3.52. The molecule has 0 aromatic heterocycles. The zero-order valence-corrected chi connectivity index (χ0v) is 10.4. The van der Waals surface area contributed by atoms with Gasteiger partial charge in [-0.1, -0.05) is 23.7 Å². The van der Waals surface area contributed by atoms with Crippen LogP contribution in [0.5, 0.6) is 0 Å².